The third-order valence-electron chi connectivity index (χ3n) is 4.78. The van der Waals surface area contributed by atoms with Crippen molar-refractivity contribution in [3.8, 4) is 0 Å². The lowest BCUT2D eigenvalue weighted by atomic mass is 9.93. The molecule has 1 aromatic carbocycles. The summed E-state index contributed by atoms with van der Waals surface area (Å²) in [7, 11) is 0. The van der Waals surface area contributed by atoms with E-state index in [1.807, 2.05) is 24.3 Å². The number of fused-ring (bicyclic) bond motifs is 1. The Kier molecular flexibility index (Phi) is 5.08. The number of benzene rings is 1. The second-order valence-corrected chi connectivity index (χ2v) is 6.78. The van der Waals surface area contributed by atoms with E-state index >= 15 is 0 Å². The van der Waals surface area contributed by atoms with Gasteiger partial charge in [0.1, 0.15) is 17.4 Å². The van der Waals surface area contributed by atoms with E-state index in [4.69, 9.17) is 0 Å². The topological polar surface area (TPSA) is 116 Å². The maximum absolute atomic E-state index is 9.65. The highest BCUT2D eigenvalue weighted by atomic mass is 16.3. The van der Waals surface area contributed by atoms with Gasteiger partial charge in [-0.1, -0.05) is 12.1 Å². The highest BCUT2D eigenvalue weighted by Gasteiger charge is 2.20. The zero-order chi connectivity index (χ0) is 18.6. The van der Waals surface area contributed by atoms with Gasteiger partial charge in [0.25, 0.3) is 0 Å². The van der Waals surface area contributed by atoms with Crippen molar-refractivity contribution < 1.29 is 10.2 Å². The minimum atomic E-state index is -0.195. The molecule has 0 amide bonds. The van der Waals surface area contributed by atoms with Crippen molar-refractivity contribution in [2.45, 2.75) is 44.4 Å². The van der Waals surface area contributed by atoms with Crippen molar-refractivity contribution in [2.75, 3.05) is 10.6 Å². The summed E-state index contributed by atoms with van der Waals surface area (Å²) in [5, 5.41) is 25.6. The first-order chi connectivity index (χ1) is 13.2. The molecule has 1 fully saturated rings. The zero-order valence-corrected chi connectivity index (χ0v) is 14.8. The lowest BCUT2D eigenvalue weighted by Crippen LogP contribution is -2.28. The Balaban J connectivity index is 1.59. The second-order valence-electron chi connectivity index (χ2n) is 6.78. The molecule has 0 unspecified atom stereocenters. The first kappa shape index (κ1) is 17.6. The Morgan fingerprint density at radius 2 is 1.93 bits per heavy atom. The summed E-state index contributed by atoms with van der Waals surface area (Å²) >= 11 is 0. The van der Waals surface area contributed by atoms with E-state index < -0.39 is 0 Å². The van der Waals surface area contributed by atoms with E-state index in [1.165, 1.54) is 6.33 Å². The van der Waals surface area contributed by atoms with E-state index in [-0.39, 0.29) is 18.8 Å². The van der Waals surface area contributed by atoms with Gasteiger partial charge in [0, 0.05) is 11.7 Å². The molecule has 4 rings (SSSR count). The molecule has 0 aliphatic heterocycles. The quantitative estimate of drug-likeness (QED) is 0.544. The van der Waals surface area contributed by atoms with E-state index in [9.17, 15) is 10.2 Å². The summed E-state index contributed by atoms with van der Waals surface area (Å²) in [5.41, 5.74) is 2.90. The summed E-state index contributed by atoms with van der Waals surface area (Å²) in [6.45, 7) is -0.0215. The van der Waals surface area contributed by atoms with Gasteiger partial charge < -0.3 is 20.8 Å². The monoisotopic (exact) mass is 366 g/mol. The van der Waals surface area contributed by atoms with Crippen molar-refractivity contribution in [3.05, 3.63) is 42.4 Å². The molecule has 1 saturated carbocycles. The summed E-state index contributed by atoms with van der Waals surface area (Å²) in [6, 6.07) is 7.75. The van der Waals surface area contributed by atoms with Crippen molar-refractivity contribution >= 4 is 28.5 Å². The molecule has 27 heavy (non-hydrogen) atoms. The number of aromatic nitrogens is 4. The van der Waals surface area contributed by atoms with Crippen LogP contribution in [0.25, 0.3) is 11.0 Å². The predicted molar refractivity (Wildman–Crippen MR) is 103 cm³/mol. The third kappa shape index (κ3) is 4.12. The van der Waals surface area contributed by atoms with Crippen LogP contribution in [0.2, 0.25) is 0 Å². The van der Waals surface area contributed by atoms with Crippen molar-refractivity contribution in [1.29, 1.82) is 0 Å². The average Bonchev–Trinajstić information content (AvgIpc) is 2.70. The van der Waals surface area contributed by atoms with E-state index in [0.717, 1.165) is 36.9 Å². The molecule has 8 nitrogen and oxygen atoms in total. The fourth-order valence-electron chi connectivity index (χ4n) is 3.30. The Labute approximate surface area is 156 Å². The summed E-state index contributed by atoms with van der Waals surface area (Å²) < 4.78 is 0. The molecule has 1 aliphatic rings. The molecule has 0 radical (unpaired) electrons. The van der Waals surface area contributed by atoms with Gasteiger partial charge in [0.2, 0.25) is 5.95 Å². The number of aliphatic hydroxyl groups is 2. The number of aliphatic hydroxyl groups excluding tert-OH is 2. The standard InChI is InChI=1S/C19H22N6O2/c26-10-12-2-1-3-14(8-12)23-18-17-16(21-11-22-18)9-20-19(25-17)24-13-4-6-15(27)7-5-13/h1-3,8-9,11,13,15,26-27H,4-7,10H2,(H,20,24,25)(H,21,22,23). The van der Waals surface area contributed by atoms with Gasteiger partial charge in [0.15, 0.2) is 5.82 Å². The Morgan fingerprint density at radius 3 is 2.74 bits per heavy atom. The molecule has 2 aromatic heterocycles. The Morgan fingerprint density at radius 1 is 1.07 bits per heavy atom. The SMILES string of the molecule is OCc1cccc(Nc2ncnc3cnc(NC4CCC(O)CC4)nc23)c1. The minimum absolute atomic E-state index is 0.0215. The normalized spacial score (nSPS) is 19.8. The molecule has 0 atom stereocenters. The van der Waals surface area contributed by atoms with Gasteiger partial charge in [-0.2, -0.15) is 0 Å². The summed E-state index contributed by atoms with van der Waals surface area (Å²) in [4.78, 5) is 17.5. The molecule has 0 saturated heterocycles. The molecule has 8 heteroatoms. The smallest absolute Gasteiger partial charge is 0.223 e. The average molecular weight is 366 g/mol. The lowest BCUT2D eigenvalue weighted by molar-refractivity contribution is 0.126. The lowest BCUT2D eigenvalue weighted by Gasteiger charge is -2.26. The highest BCUT2D eigenvalue weighted by Crippen LogP contribution is 2.24. The van der Waals surface area contributed by atoms with Gasteiger partial charge in [-0.25, -0.2) is 19.9 Å². The maximum atomic E-state index is 9.65. The van der Waals surface area contributed by atoms with E-state index in [0.29, 0.717) is 22.8 Å². The van der Waals surface area contributed by atoms with Crippen LogP contribution in [0.5, 0.6) is 0 Å². The van der Waals surface area contributed by atoms with Crippen LogP contribution in [0.4, 0.5) is 17.5 Å². The number of nitrogens with one attached hydrogen (secondary N) is 2. The maximum Gasteiger partial charge on any atom is 0.223 e. The number of hydrogen-bond acceptors (Lipinski definition) is 8. The number of rotatable bonds is 5. The first-order valence-electron chi connectivity index (χ1n) is 9.10. The zero-order valence-electron chi connectivity index (χ0n) is 14.8. The van der Waals surface area contributed by atoms with E-state index in [1.54, 1.807) is 6.20 Å². The van der Waals surface area contributed by atoms with Crippen LogP contribution >= 0.6 is 0 Å². The molecule has 4 N–H and O–H groups in total. The number of anilines is 3. The summed E-state index contributed by atoms with van der Waals surface area (Å²) in [6.07, 6.45) is 6.34. The van der Waals surface area contributed by atoms with Gasteiger partial charge >= 0.3 is 0 Å². The molecule has 0 bridgehead atoms. The van der Waals surface area contributed by atoms with Crippen LogP contribution < -0.4 is 10.6 Å². The molecule has 1 aliphatic carbocycles. The van der Waals surface area contributed by atoms with Crippen LogP contribution in [0, 0.1) is 0 Å². The van der Waals surface area contributed by atoms with Gasteiger partial charge in [0.05, 0.1) is 18.9 Å². The molecule has 0 spiro atoms. The van der Waals surface area contributed by atoms with Crippen molar-refractivity contribution in [3.63, 3.8) is 0 Å². The molecule has 2 heterocycles. The minimum Gasteiger partial charge on any atom is -0.393 e. The van der Waals surface area contributed by atoms with Crippen LogP contribution in [0.3, 0.4) is 0 Å². The fraction of sp³-hybridized carbons (Fsp3) is 0.368. The second kappa shape index (κ2) is 7.81. The predicted octanol–water partition coefficient (Wildman–Crippen LogP) is 2.37. The number of nitrogens with zero attached hydrogens (tertiary/aromatic N) is 4. The molecular formula is C19H22N6O2. The Hall–Kier alpha value is -2.84. The van der Waals surface area contributed by atoms with Crippen LogP contribution in [-0.4, -0.2) is 42.3 Å². The summed E-state index contributed by atoms with van der Waals surface area (Å²) in [5.74, 6) is 1.12. The van der Waals surface area contributed by atoms with Gasteiger partial charge in [-0.3, -0.25) is 0 Å². The molecule has 3 aromatic rings. The van der Waals surface area contributed by atoms with Gasteiger partial charge in [-0.15, -0.1) is 0 Å². The van der Waals surface area contributed by atoms with Crippen LogP contribution in [-0.2, 0) is 6.61 Å². The number of hydrogen-bond donors (Lipinski definition) is 4. The molecule has 140 valence electrons. The van der Waals surface area contributed by atoms with Crippen LogP contribution in [0.1, 0.15) is 31.2 Å². The largest absolute Gasteiger partial charge is 0.393 e. The van der Waals surface area contributed by atoms with Crippen molar-refractivity contribution in [2.24, 2.45) is 0 Å². The van der Waals surface area contributed by atoms with Crippen LogP contribution in [0.15, 0.2) is 36.8 Å². The third-order valence-corrected chi connectivity index (χ3v) is 4.78. The van der Waals surface area contributed by atoms with E-state index in [2.05, 4.69) is 30.6 Å². The van der Waals surface area contributed by atoms with Crippen molar-refractivity contribution in [1.82, 2.24) is 19.9 Å². The first-order valence-corrected chi connectivity index (χ1v) is 9.10. The fourth-order valence-corrected chi connectivity index (χ4v) is 3.30. The molecular weight excluding hydrogens is 344 g/mol. The van der Waals surface area contributed by atoms with Gasteiger partial charge in [-0.05, 0) is 43.4 Å². The Bertz CT molecular complexity index is 927. The highest BCUT2D eigenvalue weighted by molar-refractivity contribution is 5.87.